The summed E-state index contributed by atoms with van der Waals surface area (Å²) in [7, 11) is 0. The summed E-state index contributed by atoms with van der Waals surface area (Å²) in [6.07, 6.45) is 3.02. The third-order valence-electron chi connectivity index (χ3n) is 3.00. The Morgan fingerprint density at radius 2 is 1.80 bits per heavy atom. The first-order valence-corrected chi connectivity index (χ1v) is 3.53. The fourth-order valence-electron chi connectivity index (χ4n) is 2.39. The van der Waals surface area contributed by atoms with Gasteiger partial charge < -0.3 is 10.8 Å². The summed E-state index contributed by atoms with van der Waals surface area (Å²) in [6.45, 7) is 1.87. The number of aliphatic hydroxyl groups is 1. The predicted octanol–water partition coefficient (Wildman–Crippen LogP) is 0.670. The van der Waals surface area contributed by atoms with E-state index >= 15 is 0 Å². The minimum atomic E-state index is -0.136. The summed E-state index contributed by atoms with van der Waals surface area (Å²) in [5, 5.41) is 9.23. The standard InChI is InChI=1S/C7H13NO.ClH/c1-5(9)6-2-7(8,3-6)4-6;/h5,9H,2-4,8H2,1H3;1H. The zero-order chi connectivity index (χ0) is 6.70. The van der Waals surface area contributed by atoms with Crippen molar-refractivity contribution in [2.24, 2.45) is 11.1 Å². The first-order chi connectivity index (χ1) is 4.06. The fourth-order valence-corrected chi connectivity index (χ4v) is 2.39. The Kier molecular flexibility index (Phi) is 1.56. The average Bonchev–Trinajstić information content (AvgIpc) is 1.54. The molecule has 2 bridgehead atoms. The van der Waals surface area contributed by atoms with Gasteiger partial charge in [-0.25, -0.2) is 0 Å². The van der Waals surface area contributed by atoms with Crippen LogP contribution in [-0.2, 0) is 0 Å². The van der Waals surface area contributed by atoms with E-state index in [1.807, 2.05) is 6.92 Å². The van der Waals surface area contributed by atoms with Crippen LogP contribution in [0.3, 0.4) is 0 Å². The second-order valence-corrected chi connectivity index (χ2v) is 3.93. The number of halogens is 1. The lowest BCUT2D eigenvalue weighted by molar-refractivity contribution is -0.193. The topological polar surface area (TPSA) is 46.2 Å². The number of aliphatic hydroxyl groups excluding tert-OH is 1. The Hall–Kier alpha value is 0.210. The van der Waals surface area contributed by atoms with Gasteiger partial charge in [0.1, 0.15) is 0 Å². The van der Waals surface area contributed by atoms with E-state index in [9.17, 15) is 5.11 Å². The maximum Gasteiger partial charge on any atom is 0.0570 e. The molecule has 1 atom stereocenters. The van der Waals surface area contributed by atoms with E-state index in [0.29, 0.717) is 0 Å². The van der Waals surface area contributed by atoms with Gasteiger partial charge in [0.05, 0.1) is 6.10 Å². The zero-order valence-electron chi connectivity index (χ0n) is 6.13. The zero-order valence-corrected chi connectivity index (χ0v) is 6.95. The van der Waals surface area contributed by atoms with Gasteiger partial charge in [-0.1, -0.05) is 0 Å². The molecule has 0 aromatic carbocycles. The second kappa shape index (κ2) is 1.87. The lowest BCUT2D eigenvalue weighted by Crippen LogP contribution is -2.75. The summed E-state index contributed by atoms with van der Waals surface area (Å²) in [5.41, 5.74) is 6.21. The molecule has 3 fully saturated rings. The van der Waals surface area contributed by atoms with E-state index in [4.69, 9.17) is 5.73 Å². The molecular formula is C7H14ClNO. The molecule has 3 aliphatic rings. The van der Waals surface area contributed by atoms with Crippen molar-refractivity contribution in [3.05, 3.63) is 0 Å². The Morgan fingerprint density at radius 1 is 1.40 bits per heavy atom. The van der Waals surface area contributed by atoms with Crippen molar-refractivity contribution >= 4 is 12.4 Å². The molecule has 0 heterocycles. The number of hydrogen-bond acceptors (Lipinski definition) is 2. The molecule has 60 valence electrons. The smallest absolute Gasteiger partial charge is 0.0570 e. The van der Waals surface area contributed by atoms with Crippen molar-refractivity contribution in [1.82, 2.24) is 0 Å². The van der Waals surface area contributed by atoms with Gasteiger partial charge in [-0.15, -0.1) is 12.4 Å². The van der Waals surface area contributed by atoms with Crippen LogP contribution in [0.4, 0.5) is 0 Å². The highest BCUT2D eigenvalue weighted by molar-refractivity contribution is 5.85. The van der Waals surface area contributed by atoms with E-state index < -0.39 is 0 Å². The SMILES string of the molecule is CC(O)C12CC(N)(C1)C2.Cl. The van der Waals surface area contributed by atoms with Crippen LogP contribution in [0.15, 0.2) is 0 Å². The normalized spacial score (nSPS) is 51.9. The third-order valence-corrected chi connectivity index (χ3v) is 3.00. The largest absolute Gasteiger partial charge is 0.393 e. The molecule has 0 amide bonds. The molecular weight excluding hydrogens is 150 g/mol. The molecule has 2 nitrogen and oxygen atoms in total. The molecule has 10 heavy (non-hydrogen) atoms. The Morgan fingerprint density at radius 3 is 1.90 bits per heavy atom. The molecule has 0 aromatic heterocycles. The molecule has 0 radical (unpaired) electrons. The summed E-state index contributed by atoms with van der Waals surface area (Å²) < 4.78 is 0. The van der Waals surface area contributed by atoms with Gasteiger partial charge in [0, 0.05) is 11.0 Å². The summed E-state index contributed by atoms with van der Waals surface area (Å²) in [6, 6.07) is 0. The first-order valence-electron chi connectivity index (χ1n) is 3.53. The predicted molar refractivity (Wildman–Crippen MR) is 42.1 cm³/mol. The molecule has 0 spiro atoms. The van der Waals surface area contributed by atoms with Crippen LogP contribution in [0.1, 0.15) is 26.2 Å². The summed E-state index contributed by atoms with van der Waals surface area (Å²) in [5.74, 6) is 0. The average molecular weight is 164 g/mol. The minimum Gasteiger partial charge on any atom is -0.393 e. The highest BCUT2D eigenvalue weighted by atomic mass is 35.5. The van der Waals surface area contributed by atoms with Crippen molar-refractivity contribution in [1.29, 1.82) is 0 Å². The molecule has 0 aliphatic heterocycles. The van der Waals surface area contributed by atoms with E-state index in [1.54, 1.807) is 0 Å². The summed E-state index contributed by atoms with van der Waals surface area (Å²) >= 11 is 0. The summed E-state index contributed by atoms with van der Waals surface area (Å²) in [4.78, 5) is 0. The van der Waals surface area contributed by atoms with Crippen LogP contribution in [-0.4, -0.2) is 16.7 Å². The number of hydrogen-bond donors (Lipinski definition) is 2. The maximum absolute atomic E-state index is 9.23. The van der Waals surface area contributed by atoms with Gasteiger partial charge in [0.2, 0.25) is 0 Å². The maximum atomic E-state index is 9.23. The van der Waals surface area contributed by atoms with E-state index in [2.05, 4.69) is 0 Å². The van der Waals surface area contributed by atoms with Crippen LogP contribution >= 0.6 is 12.4 Å². The van der Waals surface area contributed by atoms with Crippen LogP contribution in [0, 0.1) is 5.41 Å². The highest BCUT2D eigenvalue weighted by Gasteiger charge is 2.67. The monoisotopic (exact) mass is 163 g/mol. The molecule has 1 unspecified atom stereocenters. The third kappa shape index (κ3) is 0.728. The van der Waals surface area contributed by atoms with Crippen LogP contribution in [0.5, 0.6) is 0 Å². The second-order valence-electron chi connectivity index (χ2n) is 3.93. The van der Waals surface area contributed by atoms with Crippen molar-refractivity contribution in [2.45, 2.75) is 37.8 Å². The minimum absolute atomic E-state index is 0. The molecule has 3 saturated carbocycles. The molecule has 3 N–H and O–H groups in total. The molecule has 0 saturated heterocycles. The molecule has 3 aliphatic carbocycles. The van der Waals surface area contributed by atoms with Crippen molar-refractivity contribution < 1.29 is 5.11 Å². The van der Waals surface area contributed by atoms with E-state index in [1.165, 1.54) is 0 Å². The quantitative estimate of drug-likeness (QED) is 0.597. The van der Waals surface area contributed by atoms with Crippen LogP contribution < -0.4 is 5.73 Å². The fraction of sp³-hybridized carbons (Fsp3) is 1.00. The van der Waals surface area contributed by atoms with Gasteiger partial charge in [-0.2, -0.15) is 0 Å². The Balaban J connectivity index is 0.000000500. The van der Waals surface area contributed by atoms with Crippen molar-refractivity contribution in [2.75, 3.05) is 0 Å². The van der Waals surface area contributed by atoms with Gasteiger partial charge >= 0.3 is 0 Å². The molecule has 0 aromatic rings. The number of nitrogens with two attached hydrogens (primary N) is 1. The van der Waals surface area contributed by atoms with E-state index in [0.717, 1.165) is 19.3 Å². The van der Waals surface area contributed by atoms with Crippen molar-refractivity contribution in [3.63, 3.8) is 0 Å². The van der Waals surface area contributed by atoms with Crippen LogP contribution in [0.2, 0.25) is 0 Å². The lowest BCUT2D eigenvalue weighted by Gasteiger charge is -2.70. The Labute approximate surface area is 67.2 Å². The Bertz CT molecular complexity index is 138. The molecule has 3 heteroatoms. The van der Waals surface area contributed by atoms with Gasteiger partial charge in [0.25, 0.3) is 0 Å². The highest BCUT2D eigenvalue weighted by Crippen LogP contribution is 2.67. The van der Waals surface area contributed by atoms with Crippen LogP contribution in [0.25, 0.3) is 0 Å². The molecule has 3 rings (SSSR count). The van der Waals surface area contributed by atoms with Gasteiger partial charge in [0.15, 0.2) is 0 Å². The lowest BCUT2D eigenvalue weighted by atomic mass is 9.38. The van der Waals surface area contributed by atoms with Crippen molar-refractivity contribution in [3.8, 4) is 0 Å². The van der Waals surface area contributed by atoms with Gasteiger partial charge in [-0.3, -0.25) is 0 Å². The van der Waals surface area contributed by atoms with Gasteiger partial charge in [-0.05, 0) is 26.2 Å². The number of rotatable bonds is 1. The first kappa shape index (κ1) is 8.31. The van der Waals surface area contributed by atoms with E-state index in [-0.39, 0.29) is 29.5 Å².